The topological polar surface area (TPSA) is 37.3 Å². The minimum Gasteiger partial charge on any atom is -1.00 e. The summed E-state index contributed by atoms with van der Waals surface area (Å²) in [6.45, 7) is 0. The second-order valence-electron chi connectivity index (χ2n) is 2.73. The number of aliphatic carboxylic acids is 1. The molecule has 0 aromatic carbocycles. The van der Waals surface area contributed by atoms with Crippen molar-refractivity contribution < 1.29 is 50.5 Å². The largest absolute Gasteiger partial charge is 1.00 e. The van der Waals surface area contributed by atoms with Crippen molar-refractivity contribution in [3.63, 3.8) is 0 Å². The molecule has 0 aromatic heterocycles. The van der Waals surface area contributed by atoms with Gasteiger partial charge in [-0.15, -0.1) is 0 Å². The Morgan fingerprint density at radius 3 is 2.09 bits per heavy atom. The Kier molecular flexibility index (Phi) is 7.43. The van der Waals surface area contributed by atoms with Gasteiger partial charge in [0.15, 0.2) is 0 Å². The second-order valence-corrected chi connectivity index (χ2v) is 3.04. The first kappa shape index (κ1) is 14.5. The van der Waals surface area contributed by atoms with Crippen LogP contribution in [0.3, 0.4) is 0 Å². The Bertz CT molecular complexity index is 145. The summed E-state index contributed by atoms with van der Waals surface area (Å²) in [4.78, 5) is 10.2. The molecule has 2 nitrogen and oxygen atoms in total. The van der Waals surface area contributed by atoms with Crippen LogP contribution in [0.15, 0.2) is 0 Å². The van der Waals surface area contributed by atoms with E-state index in [1.165, 1.54) is 0 Å². The van der Waals surface area contributed by atoms with Crippen LogP contribution in [0.4, 0.5) is 0 Å². The zero-order chi connectivity index (χ0) is 6.91. The van der Waals surface area contributed by atoms with Crippen molar-refractivity contribution in [2.24, 2.45) is 5.41 Å². The minimum absolute atomic E-state index is 0. The molecule has 5 heteroatoms. The molecule has 1 N–H and O–H groups in total. The third-order valence-corrected chi connectivity index (χ3v) is 2.49. The standard InChI is InChI=1S/C6H10O2S.2Li.2H/c7-5(8)3-6(4-9)1-2-6;;;;/h9H,1-4H2,(H,7,8);;;;/q;2*+1;2*-1. The summed E-state index contributed by atoms with van der Waals surface area (Å²) in [6, 6.07) is 0. The molecule has 1 saturated carbocycles. The summed E-state index contributed by atoms with van der Waals surface area (Å²) in [7, 11) is 0. The molecule has 0 amide bonds. The normalized spacial score (nSPS) is 17.5. The quantitative estimate of drug-likeness (QED) is 0.324. The average molecular weight is 162 g/mol. The van der Waals surface area contributed by atoms with Crippen LogP contribution in [-0.4, -0.2) is 16.8 Å². The van der Waals surface area contributed by atoms with Gasteiger partial charge in [-0.25, -0.2) is 0 Å². The molecule has 1 aliphatic rings. The molecule has 1 aliphatic carbocycles. The summed E-state index contributed by atoms with van der Waals surface area (Å²) in [6.07, 6.45) is 2.39. The third-order valence-electron chi connectivity index (χ3n) is 1.82. The Balaban J connectivity index is -0.000000101. The zero-order valence-electron chi connectivity index (χ0n) is 9.13. The molecule has 0 unspecified atom stereocenters. The molecular weight excluding hydrogens is 150 g/mol. The zero-order valence-corrected chi connectivity index (χ0v) is 8.03. The van der Waals surface area contributed by atoms with Gasteiger partial charge in [0.1, 0.15) is 0 Å². The molecular formula is C6H12Li2O2S. The van der Waals surface area contributed by atoms with Gasteiger partial charge in [0.25, 0.3) is 0 Å². The van der Waals surface area contributed by atoms with Gasteiger partial charge in [-0.1, -0.05) is 0 Å². The Labute approximate surface area is 99.2 Å². The predicted octanol–water partition coefficient (Wildman–Crippen LogP) is -4.60. The van der Waals surface area contributed by atoms with E-state index in [-0.39, 0.29) is 46.0 Å². The van der Waals surface area contributed by atoms with E-state index in [1.54, 1.807) is 0 Å². The van der Waals surface area contributed by atoms with Gasteiger partial charge in [-0.3, -0.25) is 4.79 Å². The van der Waals surface area contributed by atoms with Crippen molar-refractivity contribution in [1.82, 2.24) is 0 Å². The van der Waals surface area contributed by atoms with E-state index < -0.39 is 5.97 Å². The number of carboxylic acids is 1. The van der Waals surface area contributed by atoms with Crippen LogP contribution >= 0.6 is 12.6 Å². The van der Waals surface area contributed by atoms with Gasteiger partial charge >= 0.3 is 43.7 Å². The Morgan fingerprint density at radius 1 is 1.55 bits per heavy atom. The van der Waals surface area contributed by atoms with Gasteiger partial charge < -0.3 is 7.96 Å². The molecule has 0 spiro atoms. The Hall–Kier alpha value is 1.01. The van der Waals surface area contributed by atoms with E-state index in [1.807, 2.05) is 0 Å². The maximum Gasteiger partial charge on any atom is 1.00 e. The van der Waals surface area contributed by atoms with E-state index in [2.05, 4.69) is 12.6 Å². The minimum atomic E-state index is -0.693. The first-order valence-corrected chi connectivity index (χ1v) is 3.64. The number of carbonyl (C=O) groups is 1. The molecule has 0 bridgehead atoms. The molecule has 11 heavy (non-hydrogen) atoms. The van der Waals surface area contributed by atoms with E-state index >= 15 is 0 Å². The number of thiol groups is 1. The Morgan fingerprint density at radius 2 is 2.00 bits per heavy atom. The van der Waals surface area contributed by atoms with Crippen molar-refractivity contribution in [2.45, 2.75) is 19.3 Å². The van der Waals surface area contributed by atoms with Crippen LogP contribution in [0.2, 0.25) is 0 Å². The maximum atomic E-state index is 10.2. The van der Waals surface area contributed by atoms with E-state index in [4.69, 9.17) is 5.11 Å². The van der Waals surface area contributed by atoms with Crippen molar-refractivity contribution in [1.29, 1.82) is 0 Å². The molecule has 0 saturated heterocycles. The van der Waals surface area contributed by atoms with Gasteiger partial charge in [-0.2, -0.15) is 12.6 Å². The number of carboxylic acid groups (broad SMARTS) is 1. The fourth-order valence-electron chi connectivity index (χ4n) is 0.888. The fourth-order valence-corrected chi connectivity index (χ4v) is 1.32. The van der Waals surface area contributed by atoms with Crippen molar-refractivity contribution in [3.05, 3.63) is 0 Å². The predicted molar refractivity (Wildman–Crippen MR) is 40.0 cm³/mol. The molecule has 0 radical (unpaired) electrons. The summed E-state index contributed by atoms with van der Waals surface area (Å²) >= 11 is 4.07. The molecule has 0 aliphatic heterocycles. The first-order chi connectivity index (χ1) is 4.18. The van der Waals surface area contributed by atoms with Crippen LogP contribution in [-0.2, 0) is 4.79 Å². The van der Waals surface area contributed by atoms with Crippen LogP contribution in [0.1, 0.15) is 22.1 Å². The second kappa shape index (κ2) is 5.62. The summed E-state index contributed by atoms with van der Waals surface area (Å²) in [5.74, 6) is 0.0285. The number of rotatable bonds is 3. The van der Waals surface area contributed by atoms with Gasteiger partial charge in [0, 0.05) is 0 Å². The van der Waals surface area contributed by atoms with E-state index in [0.717, 1.165) is 18.6 Å². The first-order valence-electron chi connectivity index (χ1n) is 3.01. The summed E-state index contributed by atoms with van der Waals surface area (Å²) in [5, 5.41) is 8.39. The average Bonchev–Trinajstić information content (AvgIpc) is 2.48. The van der Waals surface area contributed by atoms with Crippen LogP contribution in [0, 0.1) is 5.41 Å². The number of hydrogen-bond acceptors (Lipinski definition) is 2. The van der Waals surface area contributed by atoms with E-state index in [9.17, 15) is 4.79 Å². The van der Waals surface area contributed by atoms with Gasteiger partial charge in [0.2, 0.25) is 0 Å². The summed E-state index contributed by atoms with van der Waals surface area (Å²) in [5.41, 5.74) is 0.0783. The van der Waals surface area contributed by atoms with E-state index in [0.29, 0.717) is 6.42 Å². The molecule has 1 rings (SSSR count). The molecule has 0 aromatic rings. The van der Waals surface area contributed by atoms with Crippen molar-refractivity contribution in [2.75, 3.05) is 5.75 Å². The maximum absolute atomic E-state index is 10.2. The van der Waals surface area contributed by atoms with Crippen molar-refractivity contribution in [3.8, 4) is 0 Å². The third kappa shape index (κ3) is 4.56. The van der Waals surface area contributed by atoms with Crippen LogP contribution in [0.25, 0.3) is 0 Å². The monoisotopic (exact) mass is 162 g/mol. The van der Waals surface area contributed by atoms with Crippen LogP contribution in [0.5, 0.6) is 0 Å². The van der Waals surface area contributed by atoms with Crippen LogP contribution < -0.4 is 37.7 Å². The fraction of sp³-hybridized carbons (Fsp3) is 0.833. The summed E-state index contributed by atoms with van der Waals surface area (Å²) < 4.78 is 0. The van der Waals surface area contributed by atoms with Gasteiger partial charge in [0.05, 0.1) is 6.42 Å². The van der Waals surface area contributed by atoms with Crippen molar-refractivity contribution >= 4 is 18.6 Å². The molecule has 56 valence electrons. The molecule has 1 fully saturated rings. The smallest absolute Gasteiger partial charge is 1.00 e. The molecule has 0 heterocycles. The molecule has 0 atom stereocenters. The number of hydrogen-bond donors (Lipinski definition) is 2. The SMILES string of the molecule is O=C(O)CC1(CS)CC1.[H-].[H-].[Li+].[Li+]. The van der Waals surface area contributed by atoms with Gasteiger partial charge in [-0.05, 0) is 24.0 Å².